The molecular formula is C18H23FN2O. The molecule has 0 spiro atoms. The van der Waals surface area contributed by atoms with Gasteiger partial charge in [0.1, 0.15) is 5.82 Å². The molecular weight excluding hydrogens is 279 g/mol. The number of nitrogens with zero attached hydrogens (tertiary/aromatic N) is 1. The van der Waals surface area contributed by atoms with Crippen molar-refractivity contribution in [3.05, 3.63) is 35.3 Å². The van der Waals surface area contributed by atoms with E-state index in [1.165, 1.54) is 30.6 Å². The van der Waals surface area contributed by atoms with Crippen molar-refractivity contribution >= 4 is 10.9 Å². The highest BCUT2D eigenvalue weighted by molar-refractivity contribution is 5.85. The second kappa shape index (κ2) is 5.67. The summed E-state index contributed by atoms with van der Waals surface area (Å²) in [5.41, 5.74) is 3.64. The van der Waals surface area contributed by atoms with E-state index in [2.05, 4.69) is 16.9 Å². The second-order valence-electron chi connectivity index (χ2n) is 6.75. The van der Waals surface area contributed by atoms with Crippen LogP contribution < -0.4 is 0 Å². The second-order valence-corrected chi connectivity index (χ2v) is 6.75. The van der Waals surface area contributed by atoms with Gasteiger partial charge in [-0.25, -0.2) is 4.39 Å². The van der Waals surface area contributed by atoms with Gasteiger partial charge in [0, 0.05) is 35.2 Å². The minimum atomic E-state index is -0.151. The average molecular weight is 302 g/mol. The van der Waals surface area contributed by atoms with E-state index in [-0.39, 0.29) is 5.82 Å². The third kappa shape index (κ3) is 2.44. The van der Waals surface area contributed by atoms with Crippen molar-refractivity contribution in [2.75, 3.05) is 26.8 Å². The van der Waals surface area contributed by atoms with Crippen LogP contribution in [-0.4, -0.2) is 42.7 Å². The van der Waals surface area contributed by atoms with Crippen molar-refractivity contribution in [2.45, 2.75) is 37.6 Å². The van der Waals surface area contributed by atoms with Gasteiger partial charge in [-0.2, -0.15) is 0 Å². The largest absolute Gasteiger partial charge is 0.381 e. The molecule has 3 heterocycles. The molecule has 3 nitrogen and oxygen atoms in total. The van der Waals surface area contributed by atoms with Crippen LogP contribution in [0.4, 0.5) is 4.39 Å². The predicted octanol–water partition coefficient (Wildman–Crippen LogP) is 3.45. The summed E-state index contributed by atoms with van der Waals surface area (Å²) < 4.78 is 19.3. The molecule has 0 amide bonds. The number of aromatic nitrogens is 1. The van der Waals surface area contributed by atoms with Crippen molar-refractivity contribution in [3.8, 4) is 0 Å². The number of rotatable bonds is 3. The Balaban J connectivity index is 1.77. The number of benzene rings is 1. The Morgan fingerprint density at radius 2 is 2.27 bits per heavy atom. The Labute approximate surface area is 130 Å². The number of likely N-dealkylation sites (N-methyl/N-ethyl adjacent to an activating group) is 1. The summed E-state index contributed by atoms with van der Waals surface area (Å²) in [6.07, 6.45) is 4.56. The lowest BCUT2D eigenvalue weighted by molar-refractivity contribution is 0.193. The normalized spacial score (nSPS) is 26.3. The smallest absolute Gasteiger partial charge is 0.123 e. The van der Waals surface area contributed by atoms with E-state index in [1.54, 1.807) is 12.1 Å². The highest BCUT2D eigenvalue weighted by atomic mass is 19.1. The standard InChI is InChI=1S/C18H23FN2O/c1-21-7-2-3-14(21)10-16-15-9-13(19)4-5-17(15)20-18(16)12-6-8-22-11-12/h4-5,9,12,14,20H,2-3,6-8,10-11H2,1H3/t12-,14-/m1/s1. The fourth-order valence-corrected chi connectivity index (χ4v) is 4.04. The van der Waals surface area contributed by atoms with Crippen LogP contribution in [-0.2, 0) is 11.2 Å². The molecule has 2 atom stereocenters. The van der Waals surface area contributed by atoms with Crippen molar-refractivity contribution in [1.82, 2.24) is 9.88 Å². The first kappa shape index (κ1) is 14.2. The maximum atomic E-state index is 13.7. The van der Waals surface area contributed by atoms with Gasteiger partial charge in [-0.3, -0.25) is 0 Å². The number of ether oxygens (including phenoxy) is 1. The van der Waals surface area contributed by atoms with Crippen LogP contribution >= 0.6 is 0 Å². The lowest BCUT2D eigenvalue weighted by Crippen LogP contribution is -2.27. The van der Waals surface area contributed by atoms with Gasteiger partial charge in [0.2, 0.25) is 0 Å². The summed E-state index contributed by atoms with van der Waals surface area (Å²) in [6, 6.07) is 5.67. The molecule has 4 heteroatoms. The van der Waals surface area contributed by atoms with E-state index in [1.807, 2.05) is 6.07 Å². The quantitative estimate of drug-likeness (QED) is 0.940. The zero-order chi connectivity index (χ0) is 15.1. The maximum absolute atomic E-state index is 13.7. The summed E-state index contributed by atoms with van der Waals surface area (Å²) in [5, 5.41) is 1.06. The number of nitrogens with one attached hydrogen (secondary N) is 1. The van der Waals surface area contributed by atoms with E-state index >= 15 is 0 Å². The maximum Gasteiger partial charge on any atom is 0.123 e. The molecule has 2 aliphatic heterocycles. The van der Waals surface area contributed by atoms with Gasteiger partial charge in [-0.05, 0) is 63.0 Å². The van der Waals surface area contributed by atoms with Crippen LogP contribution in [0.25, 0.3) is 10.9 Å². The van der Waals surface area contributed by atoms with E-state index in [0.29, 0.717) is 12.0 Å². The number of aromatic amines is 1. The van der Waals surface area contributed by atoms with Gasteiger partial charge in [-0.15, -0.1) is 0 Å². The van der Waals surface area contributed by atoms with Crippen LogP contribution in [0.2, 0.25) is 0 Å². The van der Waals surface area contributed by atoms with E-state index in [0.717, 1.165) is 37.0 Å². The van der Waals surface area contributed by atoms with E-state index in [4.69, 9.17) is 4.74 Å². The minimum absolute atomic E-state index is 0.151. The zero-order valence-electron chi connectivity index (χ0n) is 13.1. The predicted molar refractivity (Wildman–Crippen MR) is 85.8 cm³/mol. The molecule has 1 aromatic carbocycles. The van der Waals surface area contributed by atoms with E-state index in [9.17, 15) is 4.39 Å². The minimum Gasteiger partial charge on any atom is -0.381 e. The number of hydrogen-bond donors (Lipinski definition) is 1. The highest BCUT2D eigenvalue weighted by Gasteiger charge is 2.28. The molecule has 1 aromatic heterocycles. The molecule has 2 fully saturated rings. The Morgan fingerprint density at radius 3 is 3.00 bits per heavy atom. The monoisotopic (exact) mass is 302 g/mol. The van der Waals surface area contributed by atoms with Gasteiger partial charge >= 0.3 is 0 Å². The fourth-order valence-electron chi connectivity index (χ4n) is 4.04. The summed E-state index contributed by atoms with van der Waals surface area (Å²) in [7, 11) is 2.20. The number of H-pyrrole nitrogens is 1. The summed E-state index contributed by atoms with van der Waals surface area (Å²) in [6.45, 7) is 2.78. The van der Waals surface area contributed by atoms with Crippen molar-refractivity contribution < 1.29 is 9.13 Å². The molecule has 0 saturated carbocycles. The summed E-state index contributed by atoms with van der Waals surface area (Å²) >= 11 is 0. The molecule has 1 N–H and O–H groups in total. The Hall–Kier alpha value is -1.39. The van der Waals surface area contributed by atoms with Gasteiger partial charge < -0.3 is 14.6 Å². The fraction of sp³-hybridized carbons (Fsp3) is 0.556. The average Bonchev–Trinajstić information content (AvgIpc) is 3.21. The SMILES string of the molecule is CN1CCC[C@@H]1Cc1c([C@@H]2CCOC2)[nH]c2ccc(F)cc12. The lowest BCUT2D eigenvalue weighted by Gasteiger charge is -2.20. The van der Waals surface area contributed by atoms with Gasteiger partial charge in [-0.1, -0.05) is 0 Å². The molecule has 0 unspecified atom stereocenters. The highest BCUT2D eigenvalue weighted by Crippen LogP contribution is 2.35. The number of hydrogen-bond acceptors (Lipinski definition) is 2. The van der Waals surface area contributed by atoms with Crippen molar-refractivity contribution in [3.63, 3.8) is 0 Å². The molecule has 4 rings (SSSR count). The topological polar surface area (TPSA) is 28.3 Å². The van der Waals surface area contributed by atoms with Gasteiger partial charge in [0.05, 0.1) is 6.61 Å². The first-order chi connectivity index (χ1) is 10.7. The molecule has 0 radical (unpaired) electrons. The molecule has 2 aliphatic rings. The summed E-state index contributed by atoms with van der Waals surface area (Å²) in [4.78, 5) is 5.99. The molecule has 118 valence electrons. The third-order valence-corrected chi connectivity index (χ3v) is 5.35. The Morgan fingerprint density at radius 1 is 1.36 bits per heavy atom. The molecule has 2 saturated heterocycles. The van der Waals surface area contributed by atoms with E-state index < -0.39 is 0 Å². The number of likely N-dealkylation sites (tertiary alicyclic amines) is 1. The van der Waals surface area contributed by atoms with Crippen LogP contribution in [0.15, 0.2) is 18.2 Å². The Kier molecular flexibility index (Phi) is 3.66. The molecule has 2 aromatic rings. The summed E-state index contributed by atoms with van der Waals surface area (Å²) in [5.74, 6) is 0.277. The van der Waals surface area contributed by atoms with Gasteiger partial charge in [0.15, 0.2) is 0 Å². The van der Waals surface area contributed by atoms with Crippen molar-refractivity contribution in [2.24, 2.45) is 0 Å². The van der Waals surface area contributed by atoms with Crippen LogP contribution in [0.3, 0.4) is 0 Å². The first-order valence-corrected chi connectivity index (χ1v) is 8.30. The Bertz CT molecular complexity index is 675. The van der Waals surface area contributed by atoms with Gasteiger partial charge in [0.25, 0.3) is 0 Å². The van der Waals surface area contributed by atoms with Crippen LogP contribution in [0, 0.1) is 5.82 Å². The first-order valence-electron chi connectivity index (χ1n) is 8.30. The van der Waals surface area contributed by atoms with Crippen LogP contribution in [0.1, 0.15) is 36.4 Å². The molecule has 0 aliphatic carbocycles. The zero-order valence-corrected chi connectivity index (χ0v) is 13.1. The lowest BCUT2D eigenvalue weighted by atomic mass is 9.94. The third-order valence-electron chi connectivity index (χ3n) is 5.35. The van der Waals surface area contributed by atoms with Crippen LogP contribution in [0.5, 0.6) is 0 Å². The van der Waals surface area contributed by atoms with Crippen molar-refractivity contribution in [1.29, 1.82) is 0 Å². The molecule has 22 heavy (non-hydrogen) atoms. The number of halogens is 1. The molecule has 0 bridgehead atoms. The number of fused-ring (bicyclic) bond motifs is 1.